The summed E-state index contributed by atoms with van der Waals surface area (Å²) in [7, 11) is 0. The average molecular weight is 315 g/mol. The molecule has 1 amide bonds. The van der Waals surface area contributed by atoms with Gasteiger partial charge in [-0.15, -0.1) is 11.8 Å². The summed E-state index contributed by atoms with van der Waals surface area (Å²) in [4.78, 5) is 22.1. The summed E-state index contributed by atoms with van der Waals surface area (Å²) < 4.78 is 27.2. The Kier molecular flexibility index (Phi) is 5.17. The van der Waals surface area contributed by atoms with Crippen molar-refractivity contribution in [1.82, 2.24) is 5.32 Å². The molecule has 0 aliphatic heterocycles. The van der Waals surface area contributed by atoms with Crippen LogP contribution in [0.15, 0.2) is 18.2 Å². The average Bonchev–Trinajstić information content (AvgIpc) is 3.18. The quantitative estimate of drug-likeness (QED) is 0.755. The van der Waals surface area contributed by atoms with Crippen LogP contribution in [0.1, 0.15) is 17.9 Å². The Morgan fingerprint density at radius 2 is 2.00 bits per heavy atom. The topological polar surface area (TPSA) is 66.4 Å². The molecule has 0 heterocycles. The number of carbonyl (C=O) groups excluding carboxylic acids is 1. The van der Waals surface area contributed by atoms with Crippen LogP contribution in [0.4, 0.5) is 8.78 Å². The van der Waals surface area contributed by atoms with Crippen molar-refractivity contribution in [3.8, 4) is 0 Å². The van der Waals surface area contributed by atoms with Gasteiger partial charge in [0.2, 0.25) is 5.91 Å². The van der Waals surface area contributed by atoms with Crippen LogP contribution in [0.3, 0.4) is 0 Å². The minimum absolute atomic E-state index is 0.0115. The Bertz CT molecular complexity index is 533. The minimum atomic E-state index is -0.899. The first-order valence-electron chi connectivity index (χ1n) is 6.52. The van der Waals surface area contributed by atoms with Crippen molar-refractivity contribution in [3.05, 3.63) is 35.4 Å². The molecule has 1 aliphatic carbocycles. The van der Waals surface area contributed by atoms with E-state index in [1.54, 1.807) is 0 Å². The van der Waals surface area contributed by atoms with Crippen molar-refractivity contribution in [1.29, 1.82) is 0 Å². The monoisotopic (exact) mass is 315 g/mol. The molecule has 1 aromatic rings. The number of carboxylic acid groups (broad SMARTS) is 1. The first-order valence-corrected chi connectivity index (χ1v) is 7.67. The number of amides is 1. The number of nitrogens with one attached hydrogen (secondary N) is 1. The molecule has 0 aromatic heterocycles. The molecule has 1 aliphatic rings. The molecule has 4 nitrogen and oxygen atoms in total. The fraction of sp³-hybridized carbons (Fsp3) is 0.429. The van der Waals surface area contributed by atoms with Gasteiger partial charge >= 0.3 is 5.97 Å². The van der Waals surface area contributed by atoms with E-state index in [4.69, 9.17) is 5.11 Å². The highest BCUT2D eigenvalue weighted by Crippen LogP contribution is 2.49. The molecule has 2 atom stereocenters. The molecular formula is C14H15F2NO3S. The van der Waals surface area contributed by atoms with Crippen LogP contribution >= 0.6 is 11.8 Å². The number of carboxylic acids is 1. The van der Waals surface area contributed by atoms with Crippen molar-refractivity contribution in [2.75, 3.05) is 18.1 Å². The van der Waals surface area contributed by atoms with E-state index in [-0.39, 0.29) is 17.2 Å². The SMILES string of the molecule is O=C(O)CSCCNC(=O)C1CC1c1c(F)cccc1F. The van der Waals surface area contributed by atoms with Gasteiger partial charge in [0.05, 0.1) is 5.75 Å². The molecule has 21 heavy (non-hydrogen) atoms. The predicted molar refractivity (Wildman–Crippen MR) is 75.2 cm³/mol. The number of carbonyl (C=O) groups is 2. The largest absolute Gasteiger partial charge is 0.481 e. The van der Waals surface area contributed by atoms with Crippen molar-refractivity contribution in [3.63, 3.8) is 0 Å². The molecule has 0 radical (unpaired) electrons. The molecule has 7 heteroatoms. The summed E-state index contributed by atoms with van der Waals surface area (Å²) in [6.07, 6.45) is 0.436. The Labute approximate surface area is 124 Å². The molecule has 1 saturated carbocycles. The highest BCUT2D eigenvalue weighted by molar-refractivity contribution is 7.99. The molecule has 0 saturated heterocycles. The second-order valence-corrected chi connectivity index (χ2v) is 5.93. The number of benzene rings is 1. The second kappa shape index (κ2) is 6.89. The van der Waals surface area contributed by atoms with E-state index in [9.17, 15) is 18.4 Å². The molecule has 2 unspecified atom stereocenters. The second-order valence-electron chi connectivity index (χ2n) is 4.82. The summed E-state index contributed by atoms with van der Waals surface area (Å²) >= 11 is 1.20. The Morgan fingerprint density at radius 1 is 1.33 bits per heavy atom. The van der Waals surface area contributed by atoms with Gasteiger partial charge in [0, 0.05) is 29.7 Å². The number of thioether (sulfide) groups is 1. The summed E-state index contributed by atoms with van der Waals surface area (Å²) in [5, 5.41) is 11.1. The lowest BCUT2D eigenvalue weighted by atomic mass is 10.1. The summed E-state index contributed by atoms with van der Waals surface area (Å²) in [5.74, 6) is -2.70. The zero-order valence-corrected chi connectivity index (χ0v) is 12.0. The van der Waals surface area contributed by atoms with Gasteiger partial charge in [0.1, 0.15) is 11.6 Å². The van der Waals surface area contributed by atoms with E-state index >= 15 is 0 Å². The first kappa shape index (κ1) is 15.8. The van der Waals surface area contributed by atoms with Gasteiger partial charge < -0.3 is 10.4 Å². The van der Waals surface area contributed by atoms with E-state index in [1.165, 1.54) is 30.0 Å². The van der Waals surface area contributed by atoms with Gasteiger partial charge in [0.25, 0.3) is 0 Å². The fourth-order valence-corrected chi connectivity index (χ4v) is 2.77. The van der Waals surface area contributed by atoms with E-state index < -0.39 is 29.4 Å². The molecule has 114 valence electrons. The highest BCUT2D eigenvalue weighted by atomic mass is 32.2. The van der Waals surface area contributed by atoms with Gasteiger partial charge in [0.15, 0.2) is 0 Å². The van der Waals surface area contributed by atoms with Crippen LogP contribution in [-0.2, 0) is 9.59 Å². The van der Waals surface area contributed by atoms with Crippen molar-refractivity contribution >= 4 is 23.6 Å². The van der Waals surface area contributed by atoms with E-state index in [1.807, 2.05) is 0 Å². The van der Waals surface area contributed by atoms with Crippen LogP contribution in [0.5, 0.6) is 0 Å². The zero-order chi connectivity index (χ0) is 15.4. The molecule has 1 aromatic carbocycles. The third-order valence-corrected chi connectivity index (χ3v) is 4.21. The molecule has 1 fully saturated rings. The van der Waals surface area contributed by atoms with Crippen LogP contribution < -0.4 is 5.32 Å². The Hall–Kier alpha value is -1.63. The summed E-state index contributed by atoms with van der Waals surface area (Å²) in [6, 6.07) is 3.67. The maximum absolute atomic E-state index is 13.6. The van der Waals surface area contributed by atoms with Crippen molar-refractivity contribution in [2.24, 2.45) is 5.92 Å². The zero-order valence-electron chi connectivity index (χ0n) is 11.1. The van der Waals surface area contributed by atoms with Crippen LogP contribution in [0.25, 0.3) is 0 Å². The summed E-state index contributed by atoms with van der Waals surface area (Å²) in [6.45, 7) is 0.347. The number of hydrogen-bond donors (Lipinski definition) is 2. The normalized spacial score (nSPS) is 20.1. The lowest BCUT2D eigenvalue weighted by Gasteiger charge is -2.06. The lowest BCUT2D eigenvalue weighted by Crippen LogP contribution is -2.28. The Balaban J connectivity index is 1.78. The lowest BCUT2D eigenvalue weighted by molar-refractivity contribution is -0.133. The van der Waals surface area contributed by atoms with E-state index in [0.29, 0.717) is 18.7 Å². The summed E-state index contributed by atoms with van der Waals surface area (Å²) in [5.41, 5.74) is -0.0158. The van der Waals surface area contributed by atoms with Crippen LogP contribution in [0, 0.1) is 17.6 Å². The van der Waals surface area contributed by atoms with Gasteiger partial charge in [-0.25, -0.2) is 8.78 Å². The maximum Gasteiger partial charge on any atom is 0.313 e. The van der Waals surface area contributed by atoms with E-state index in [2.05, 4.69) is 5.32 Å². The first-order chi connectivity index (χ1) is 10.0. The number of aliphatic carboxylic acids is 1. The molecule has 2 rings (SSSR count). The fourth-order valence-electron chi connectivity index (χ4n) is 2.21. The molecule has 2 N–H and O–H groups in total. The highest BCUT2D eigenvalue weighted by Gasteiger charge is 2.46. The van der Waals surface area contributed by atoms with E-state index in [0.717, 1.165) is 0 Å². The molecule has 0 spiro atoms. The standard InChI is InChI=1S/C14H15F2NO3S/c15-10-2-1-3-11(16)13(10)8-6-9(8)14(20)17-4-5-21-7-12(18)19/h1-3,8-9H,4-7H2,(H,17,20)(H,18,19). The van der Waals surface area contributed by atoms with Crippen molar-refractivity contribution < 1.29 is 23.5 Å². The van der Waals surface area contributed by atoms with Gasteiger partial charge in [-0.3, -0.25) is 9.59 Å². The number of rotatable bonds is 7. The predicted octanol–water partition coefficient (Wildman–Crippen LogP) is 2.00. The third kappa shape index (κ3) is 4.17. The van der Waals surface area contributed by atoms with Crippen LogP contribution in [-0.4, -0.2) is 35.0 Å². The molecule has 0 bridgehead atoms. The van der Waals surface area contributed by atoms with Crippen molar-refractivity contribution in [2.45, 2.75) is 12.3 Å². The van der Waals surface area contributed by atoms with Gasteiger partial charge in [-0.2, -0.15) is 0 Å². The van der Waals surface area contributed by atoms with Gasteiger partial charge in [-0.05, 0) is 18.6 Å². The third-order valence-electron chi connectivity index (χ3n) is 3.27. The number of halogens is 2. The minimum Gasteiger partial charge on any atom is -0.481 e. The number of hydrogen-bond acceptors (Lipinski definition) is 3. The molecular weight excluding hydrogens is 300 g/mol. The Morgan fingerprint density at radius 3 is 2.62 bits per heavy atom. The van der Waals surface area contributed by atoms with Gasteiger partial charge in [-0.1, -0.05) is 6.07 Å². The van der Waals surface area contributed by atoms with Crippen LogP contribution in [0.2, 0.25) is 0 Å². The smallest absolute Gasteiger partial charge is 0.313 e. The maximum atomic E-state index is 13.6.